The molecular weight excluding hydrogens is 228 g/mol. The van der Waals surface area contributed by atoms with Gasteiger partial charge in [-0.25, -0.2) is 8.78 Å². The molecule has 1 heterocycles. The van der Waals surface area contributed by atoms with Crippen LogP contribution in [0, 0.1) is 5.92 Å². The third-order valence-corrected chi connectivity index (χ3v) is 3.22. The average molecular weight is 251 g/mol. The average Bonchev–Trinajstić information content (AvgIpc) is 2.34. The van der Waals surface area contributed by atoms with Crippen molar-refractivity contribution < 1.29 is 18.3 Å². The van der Waals surface area contributed by atoms with Crippen molar-refractivity contribution >= 4 is 0 Å². The van der Waals surface area contributed by atoms with E-state index in [1.165, 1.54) is 0 Å². The summed E-state index contributed by atoms with van der Waals surface area (Å²) in [6.45, 7) is 1.65. The van der Waals surface area contributed by atoms with Crippen LogP contribution in [0.5, 0.6) is 0 Å². The Bertz CT molecular complexity index is 187. The van der Waals surface area contributed by atoms with Gasteiger partial charge in [0, 0.05) is 25.9 Å². The number of rotatable bonds is 8. The van der Waals surface area contributed by atoms with E-state index in [1.54, 1.807) is 0 Å². The first kappa shape index (κ1) is 14.8. The van der Waals surface area contributed by atoms with E-state index < -0.39 is 13.0 Å². The highest BCUT2D eigenvalue weighted by Crippen LogP contribution is 2.21. The number of hydrogen-bond donors (Lipinski definition) is 1. The maximum atomic E-state index is 11.9. The second-order valence-electron chi connectivity index (χ2n) is 4.53. The lowest BCUT2D eigenvalue weighted by atomic mass is 9.91. The Labute approximate surface area is 102 Å². The first-order valence-electron chi connectivity index (χ1n) is 6.33. The molecule has 1 aliphatic rings. The fourth-order valence-corrected chi connectivity index (χ4v) is 2.16. The highest BCUT2D eigenvalue weighted by molar-refractivity contribution is 4.72. The van der Waals surface area contributed by atoms with Crippen LogP contribution in [-0.2, 0) is 9.47 Å². The summed E-state index contributed by atoms with van der Waals surface area (Å²) < 4.78 is 33.9. The van der Waals surface area contributed by atoms with E-state index in [0.29, 0.717) is 18.6 Å². The first-order valence-corrected chi connectivity index (χ1v) is 6.33. The lowest BCUT2D eigenvalue weighted by Gasteiger charge is -2.26. The molecule has 1 saturated heterocycles. The molecule has 1 atom stereocenters. The molecule has 0 aromatic rings. The topological polar surface area (TPSA) is 30.5 Å². The van der Waals surface area contributed by atoms with Gasteiger partial charge in [-0.2, -0.15) is 0 Å². The standard InChI is InChI=1S/C12H23F2NO2/c1-15-11(4-7-17-9-12(13)14)8-10-2-5-16-6-3-10/h10-12,15H,2-9H2,1H3. The molecule has 0 aromatic carbocycles. The van der Waals surface area contributed by atoms with E-state index >= 15 is 0 Å². The molecule has 0 saturated carbocycles. The van der Waals surface area contributed by atoms with Gasteiger partial charge in [-0.05, 0) is 38.6 Å². The van der Waals surface area contributed by atoms with Crippen LogP contribution in [0.25, 0.3) is 0 Å². The second-order valence-corrected chi connectivity index (χ2v) is 4.53. The molecule has 1 unspecified atom stereocenters. The first-order chi connectivity index (χ1) is 8.22. The molecular formula is C12H23F2NO2. The minimum absolute atomic E-state index is 0.357. The lowest BCUT2D eigenvalue weighted by Crippen LogP contribution is -2.31. The van der Waals surface area contributed by atoms with Crippen molar-refractivity contribution in [1.82, 2.24) is 5.32 Å². The van der Waals surface area contributed by atoms with Crippen LogP contribution in [0.1, 0.15) is 25.7 Å². The molecule has 0 spiro atoms. The smallest absolute Gasteiger partial charge is 0.261 e. The van der Waals surface area contributed by atoms with Gasteiger partial charge >= 0.3 is 0 Å². The summed E-state index contributed by atoms with van der Waals surface area (Å²) in [7, 11) is 1.91. The maximum absolute atomic E-state index is 11.9. The van der Waals surface area contributed by atoms with Gasteiger partial charge in [0.1, 0.15) is 6.61 Å². The zero-order chi connectivity index (χ0) is 12.5. The molecule has 1 fully saturated rings. The van der Waals surface area contributed by atoms with E-state index in [9.17, 15) is 8.78 Å². The van der Waals surface area contributed by atoms with Crippen molar-refractivity contribution in [2.75, 3.05) is 33.5 Å². The minimum Gasteiger partial charge on any atom is -0.381 e. The second kappa shape index (κ2) is 8.78. The number of halogens is 2. The van der Waals surface area contributed by atoms with Crippen LogP contribution >= 0.6 is 0 Å². The van der Waals surface area contributed by atoms with Crippen LogP contribution in [0.4, 0.5) is 8.78 Å². The molecule has 1 aliphatic heterocycles. The van der Waals surface area contributed by atoms with Crippen molar-refractivity contribution in [3.63, 3.8) is 0 Å². The molecule has 0 bridgehead atoms. The van der Waals surface area contributed by atoms with Gasteiger partial charge in [0.25, 0.3) is 6.43 Å². The predicted octanol–water partition coefficient (Wildman–Crippen LogP) is 2.06. The molecule has 102 valence electrons. The SMILES string of the molecule is CNC(CCOCC(F)F)CC1CCOCC1. The summed E-state index contributed by atoms with van der Waals surface area (Å²) in [4.78, 5) is 0. The van der Waals surface area contributed by atoms with Gasteiger partial charge in [-0.3, -0.25) is 0 Å². The summed E-state index contributed by atoms with van der Waals surface area (Å²) in [6, 6.07) is 0.357. The molecule has 0 amide bonds. The highest BCUT2D eigenvalue weighted by Gasteiger charge is 2.18. The van der Waals surface area contributed by atoms with Gasteiger partial charge in [-0.15, -0.1) is 0 Å². The third kappa shape index (κ3) is 6.91. The Morgan fingerprint density at radius 1 is 1.35 bits per heavy atom. The normalized spacial score (nSPS) is 19.8. The summed E-state index contributed by atoms with van der Waals surface area (Å²) >= 11 is 0. The third-order valence-electron chi connectivity index (χ3n) is 3.22. The maximum Gasteiger partial charge on any atom is 0.261 e. The molecule has 17 heavy (non-hydrogen) atoms. The summed E-state index contributed by atoms with van der Waals surface area (Å²) in [5, 5.41) is 3.23. The van der Waals surface area contributed by atoms with Crippen molar-refractivity contribution in [3.05, 3.63) is 0 Å². The zero-order valence-electron chi connectivity index (χ0n) is 10.5. The van der Waals surface area contributed by atoms with Crippen LogP contribution in [0.3, 0.4) is 0 Å². The Morgan fingerprint density at radius 2 is 2.06 bits per heavy atom. The minimum atomic E-state index is -2.36. The fourth-order valence-electron chi connectivity index (χ4n) is 2.16. The van der Waals surface area contributed by atoms with Crippen LogP contribution in [-0.4, -0.2) is 45.9 Å². The van der Waals surface area contributed by atoms with Crippen molar-refractivity contribution in [2.24, 2.45) is 5.92 Å². The summed E-state index contributed by atoms with van der Waals surface area (Å²) in [5.74, 6) is 0.691. The van der Waals surface area contributed by atoms with E-state index in [-0.39, 0.29) is 0 Å². The summed E-state index contributed by atoms with van der Waals surface area (Å²) in [5.41, 5.74) is 0. The molecule has 3 nitrogen and oxygen atoms in total. The lowest BCUT2D eigenvalue weighted by molar-refractivity contribution is 0.0126. The van der Waals surface area contributed by atoms with Gasteiger partial charge in [-0.1, -0.05) is 0 Å². The Balaban J connectivity index is 2.09. The number of alkyl halides is 2. The number of nitrogens with one attached hydrogen (secondary N) is 1. The Kier molecular flexibility index (Phi) is 7.64. The van der Waals surface area contributed by atoms with Gasteiger partial charge < -0.3 is 14.8 Å². The van der Waals surface area contributed by atoms with Gasteiger partial charge in [0.2, 0.25) is 0 Å². The van der Waals surface area contributed by atoms with Crippen molar-refractivity contribution in [3.8, 4) is 0 Å². The van der Waals surface area contributed by atoms with Crippen molar-refractivity contribution in [2.45, 2.75) is 38.2 Å². The van der Waals surface area contributed by atoms with Crippen LogP contribution in [0.15, 0.2) is 0 Å². The molecule has 1 N–H and O–H groups in total. The van der Waals surface area contributed by atoms with E-state index in [1.807, 2.05) is 7.05 Å². The fraction of sp³-hybridized carbons (Fsp3) is 1.00. The highest BCUT2D eigenvalue weighted by atomic mass is 19.3. The van der Waals surface area contributed by atoms with E-state index in [4.69, 9.17) is 9.47 Å². The molecule has 0 radical (unpaired) electrons. The number of ether oxygens (including phenoxy) is 2. The monoisotopic (exact) mass is 251 g/mol. The van der Waals surface area contributed by atoms with Crippen LogP contribution in [0.2, 0.25) is 0 Å². The van der Waals surface area contributed by atoms with Crippen molar-refractivity contribution in [1.29, 1.82) is 0 Å². The van der Waals surface area contributed by atoms with E-state index in [0.717, 1.165) is 38.9 Å². The number of hydrogen-bond acceptors (Lipinski definition) is 3. The molecule has 1 rings (SSSR count). The summed E-state index contributed by atoms with van der Waals surface area (Å²) in [6.07, 6.45) is 1.73. The molecule has 0 aromatic heterocycles. The quantitative estimate of drug-likeness (QED) is 0.670. The Morgan fingerprint density at radius 3 is 2.65 bits per heavy atom. The van der Waals surface area contributed by atoms with Crippen LogP contribution < -0.4 is 5.32 Å². The largest absolute Gasteiger partial charge is 0.381 e. The van der Waals surface area contributed by atoms with E-state index in [2.05, 4.69) is 5.32 Å². The Hall–Kier alpha value is -0.260. The van der Waals surface area contributed by atoms with Gasteiger partial charge in [0.05, 0.1) is 0 Å². The molecule has 0 aliphatic carbocycles. The zero-order valence-corrected chi connectivity index (χ0v) is 10.5. The predicted molar refractivity (Wildman–Crippen MR) is 62.4 cm³/mol. The molecule has 5 heteroatoms. The van der Waals surface area contributed by atoms with Gasteiger partial charge in [0.15, 0.2) is 0 Å².